The largest absolute Gasteiger partial charge is 0.480 e. The Balaban J connectivity index is 0. The standard InChI is InChI=1S/C10H17NO4.ClH/c1-4-7(6(3)8(12)13)10(11,5-2)9(14)15;/h7H,3-5,11H2,1-2H3,(H,12,13)(H,14,15);1H. The lowest BCUT2D eigenvalue weighted by molar-refractivity contribution is -0.145. The van der Waals surface area contributed by atoms with Crippen molar-refractivity contribution in [3.63, 3.8) is 0 Å². The van der Waals surface area contributed by atoms with Crippen LogP contribution < -0.4 is 5.73 Å². The van der Waals surface area contributed by atoms with Crippen molar-refractivity contribution in [1.82, 2.24) is 0 Å². The minimum atomic E-state index is -1.55. The van der Waals surface area contributed by atoms with Crippen molar-refractivity contribution in [2.75, 3.05) is 0 Å². The van der Waals surface area contributed by atoms with Crippen LogP contribution in [0, 0.1) is 5.92 Å². The SMILES string of the molecule is C=C(C(=O)O)C(CC)C(N)(CC)C(=O)O.Cl. The zero-order valence-corrected chi connectivity index (χ0v) is 10.2. The Labute approximate surface area is 101 Å². The van der Waals surface area contributed by atoms with Crippen molar-refractivity contribution in [1.29, 1.82) is 0 Å². The number of rotatable bonds is 6. The Morgan fingerprint density at radius 1 is 1.38 bits per heavy atom. The fourth-order valence-electron chi connectivity index (χ4n) is 1.62. The first kappa shape index (κ1) is 17.3. The molecular weight excluding hydrogens is 234 g/mol. The van der Waals surface area contributed by atoms with E-state index in [0.717, 1.165) is 0 Å². The molecule has 0 aromatic rings. The summed E-state index contributed by atoms with van der Waals surface area (Å²) in [6, 6.07) is 0. The van der Waals surface area contributed by atoms with Gasteiger partial charge in [-0.25, -0.2) is 4.79 Å². The first-order chi connectivity index (χ1) is 6.81. The van der Waals surface area contributed by atoms with E-state index in [4.69, 9.17) is 15.9 Å². The molecule has 4 N–H and O–H groups in total. The van der Waals surface area contributed by atoms with Crippen molar-refractivity contribution in [2.45, 2.75) is 32.2 Å². The Hall–Kier alpha value is -1.07. The monoisotopic (exact) mass is 251 g/mol. The van der Waals surface area contributed by atoms with Crippen molar-refractivity contribution < 1.29 is 19.8 Å². The van der Waals surface area contributed by atoms with Crippen molar-refractivity contribution >= 4 is 24.3 Å². The number of hydrogen-bond acceptors (Lipinski definition) is 3. The number of carboxylic acid groups (broad SMARTS) is 2. The average Bonchev–Trinajstić information content (AvgIpc) is 2.17. The first-order valence-electron chi connectivity index (χ1n) is 4.75. The van der Waals surface area contributed by atoms with E-state index < -0.39 is 23.4 Å². The van der Waals surface area contributed by atoms with Gasteiger partial charge < -0.3 is 15.9 Å². The van der Waals surface area contributed by atoms with Gasteiger partial charge in [0.05, 0.1) is 0 Å². The molecule has 0 bridgehead atoms. The van der Waals surface area contributed by atoms with E-state index in [0.29, 0.717) is 6.42 Å². The second-order valence-electron chi connectivity index (χ2n) is 3.49. The van der Waals surface area contributed by atoms with Crippen LogP contribution in [-0.4, -0.2) is 27.7 Å². The van der Waals surface area contributed by atoms with E-state index in [2.05, 4.69) is 6.58 Å². The highest BCUT2D eigenvalue weighted by molar-refractivity contribution is 5.89. The summed E-state index contributed by atoms with van der Waals surface area (Å²) >= 11 is 0. The Bertz CT molecular complexity index is 293. The molecule has 0 aromatic carbocycles. The van der Waals surface area contributed by atoms with Crippen LogP contribution in [0.4, 0.5) is 0 Å². The number of hydrogen-bond donors (Lipinski definition) is 3. The molecule has 0 saturated heterocycles. The second kappa shape index (κ2) is 6.50. The van der Waals surface area contributed by atoms with Crippen LogP contribution in [0.3, 0.4) is 0 Å². The highest BCUT2D eigenvalue weighted by Crippen LogP contribution is 2.28. The normalized spacial score (nSPS) is 15.4. The molecule has 0 rings (SSSR count). The lowest BCUT2D eigenvalue weighted by atomic mass is 9.76. The highest BCUT2D eigenvalue weighted by Gasteiger charge is 2.42. The number of carbonyl (C=O) groups is 2. The highest BCUT2D eigenvalue weighted by atomic mass is 35.5. The van der Waals surface area contributed by atoms with Crippen LogP contribution >= 0.6 is 12.4 Å². The van der Waals surface area contributed by atoms with Gasteiger partial charge >= 0.3 is 11.9 Å². The van der Waals surface area contributed by atoms with Gasteiger partial charge in [-0.05, 0) is 12.8 Å². The van der Waals surface area contributed by atoms with Gasteiger partial charge in [-0.1, -0.05) is 20.4 Å². The van der Waals surface area contributed by atoms with E-state index >= 15 is 0 Å². The van der Waals surface area contributed by atoms with E-state index in [1.54, 1.807) is 13.8 Å². The first-order valence-corrected chi connectivity index (χ1v) is 4.75. The predicted octanol–water partition coefficient (Wildman–Crippen LogP) is 1.27. The summed E-state index contributed by atoms with van der Waals surface area (Å²) in [5.74, 6) is -3.15. The summed E-state index contributed by atoms with van der Waals surface area (Å²) in [6.07, 6.45) is 0.495. The van der Waals surface area contributed by atoms with Crippen LogP contribution in [0.1, 0.15) is 26.7 Å². The summed E-state index contributed by atoms with van der Waals surface area (Å²) in [4.78, 5) is 21.8. The molecular formula is C10H18ClNO4. The van der Waals surface area contributed by atoms with Gasteiger partial charge in [0.2, 0.25) is 0 Å². The molecule has 0 aliphatic heterocycles. The lowest BCUT2D eigenvalue weighted by Crippen LogP contribution is -2.54. The Kier molecular flexibility index (Phi) is 7.04. The molecule has 0 radical (unpaired) electrons. The van der Waals surface area contributed by atoms with Gasteiger partial charge in [0, 0.05) is 11.5 Å². The molecule has 0 aromatic heterocycles. The average molecular weight is 252 g/mol. The minimum absolute atomic E-state index is 0. The zero-order valence-electron chi connectivity index (χ0n) is 9.40. The maximum Gasteiger partial charge on any atom is 0.331 e. The third-order valence-corrected chi connectivity index (χ3v) is 2.71. The fraction of sp³-hybridized carbons (Fsp3) is 0.600. The van der Waals surface area contributed by atoms with Crippen molar-refractivity contribution in [2.24, 2.45) is 11.7 Å². The number of halogens is 1. The Morgan fingerprint density at radius 3 is 2.00 bits per heavy atom. The molecule has 5 nitrogen and oxygen atoms in total. The third kappa shape index (κ3) is 3.21. The molecule has 0 spiro atoms. The number of carboxylic acids is 2. The summed E-state index contributed by atoms with van der Waals surface area (Å²) in [6.45, 7) is 6.69. The molecule has 0 amide bonds. The molecule has 6 heteroatoms. The van der Waals surface area contributed by atoms with Gasteiger partial charge in [-0.15, -0.1) is 12.4 Å². The minimum Gasteiger partial charge on any atom is -0.480 e. The van der Waals surface area contributed by atoms with E-state index in [9.17, 15) is 9.59 Å². The maximum atomic E-state index is 11.0. The number of nitrogens with two attached hydrogens (primary N) is 1. The molecule has 94 valence electrons. The smallest absolute Gasteiger partial charge is 0.331 e. The summed E-state index contributed by atoms with van der Waals surface area (Å²) < 4.78 is 0. The molecule has 16 heavy (non-hydrogen) atoms. The predicted molar refractivity (Wildman–Crippen MR) is 62.7 cm³/mol. The van der Waals surface area contributed by atoms with Crippen LogP contribution in [-0.2, 0) is 9.59 Å². The quantitative estimate of drug-likeness (QED) is 0.617. The summed E-state index contributed by atoms with van der Waals surface area (Å²) in [5.41, 5.74) is 4.01. The summed E-state index contributed by atoms with van der Waals surface area (Å²) in [7, 11) is 0. The Morgan fingerprint density at radius 2 is 1.81 bits per heavy atom. The fourth-order valence-corrected chi connectivity index (χ4v) is 1.62. The maximum absolute atomic E-state index is 11.0. The van der Waals surface area contributed by atoms with Crippen molar-refractivity contribution in [3.05, 3.63) is 12.2 Å². The van der Waals surface area contributed by atoms with Gasteiger partial charge in [-0.2, -0.15) is 0 Å². The molecule has 0 fully saturated rings. The van der Waals surface area contributed by atoms with Crippen LogP contribution in [0.2, 0.25) is 0 Å². The van der Waals surface area contributed by atoms with Crippen molar-refractivity contribution in [3.8, 4) is 0 Å². The van der Waals surface area contributed by atoms with Gasteiger partial charge in [0.1, 0.15) is 5.54 Å². The molecule has 0 aliphatic carbocycles. The second-order valence-corrected chi connectivity index (χ2v) is 3.49. The van der Waals surface area contributed by atoms with E-state index in [1.165, 1.54) is 0 Å². The summed E-state index contributed by atoms with van der Waals surface area (Å²) in [5, 5.41) is 17.8. The van der Waals surface area contributed by atoms with Crippen LogP contribution in [0.15, 0.2) is 12.2 Å². The molecule has 0 saturated carbocycles. The van der Waals surface area contributed by atoms with Crippen LogP contribution in [0.5, 0.6) is 0 Å². The van der Waals surface area contributed by atoms with Crippen LogP contribution in [0.25, 0.3) is 0 Å². The lowest BCUT2D eigenvalue weighted by Gasteiger charge is -2.32. The molecule has 0 aliphatic rings. The van der Waals surface area contributed by atoms with Gasteiger partial charge in [0.25, 0.3) is 0 Å². The van der Waals surface area contributed by atoms with E-state index in [-0.39, 0.29) is 24.4 Å². The topological polar surface area (TPSA) is 101 Å². The molecule has 2 atom stereocenters. The molecule has 2 unspecified atom stereocenters. The van der Waals surface area contributed by atoms with Gasteiger partial charge in [0.15, 0.2) is 0 Å². The molecule has 0 heterocycles. The number of aliphatic carboxylic acids is 2. The van der Waals surface area contributed by atoms with E-state index in [1.807, 2.05) is 0 Å². The third-order valence-electron chi connectivity index (χ3n) is 2.71. The zero-order chi connectivity index (χ0) is 12.2. The van der Waals surface area contributed by atoms with Gasteiger partial charge in [-0.3, -0.25) is 4.79 Å².